The summed E-state index contributed by atoms with van der Waals surface area (Å²) in [5, 5.41) is 0. The van der Waals surface area contributed by atoms with E-state index in [1.807, 2.05) is 43.3 Å². The maximum atomic E-state index is 11.8. The summed E-state index contributed by atoms with van der Waals surface area (Å²) in [7, 11) is 0. The molecule has 110 valence electrons. The maximum Gasteiger partial charge on any atom is 0.349 e. The lowest BCUT2D eigenvalue weighted by atomic mass is 10.2. The molecule has 3 nitrogen and oxygen atoms in total. The van der Waals surface area contributed by atoms with Crippen LogP contribution in [0.25, 0.3) is 0 Å². The molecule has 2 rings (SSSR count). The van der Waals surface area contributed by atoms with Crippen LogP contribution in [0.15, 0.2) is 46.9 Å². The van der Waals surface area contributed by atoms with Gasteiger partial charge in [-0.15, -0.1) is 0 Å². The molecular formula is C17H17BrO3. The van der Waals surface area contributed by atoms with Crippen LogP contribution >= 0.6 is 15.9 Å². The molecule has 0 aromatic heterocycles. The number of hydrogen-bond donors (Lipinski definition) is 0. The minimum Gasteiger partial charge on any atom is -0.482 e. The van der Waals surface area contributed by atoms with Crippen molar-refractivity contribution in [2.24, 2.45) is 0 Å². The lowest BCUT2D eigenvalue weighted by Gasteiger charge is -2.09. The van der Waals surface area contributed by atoms with Crippen LogP contribution in [0.2, 0.25) is 0 Å². The highest BCUT2D eigenvalue weighted by molar-refractivity contribution is 9.10. The van der Waals surface area contributed by atoms with Crippen molar-refractivity contribution in [2.45, 2.75) is 20.3 Å². The van der Waals surface area contributed by atoms with Gasteiger partial charge in [-0.05, 0) is 59.1 Å². The number of esters is 1. The smallest absolute Gasteiger partial charge is 0.349 e. The third-order valence-corrected chi connectivity index (χ3v) is 3.63. The molecule has 0 radical (unpaired) electrons. The van der Waals surface area contributed by atoms with Crippen molar-refractivity contribution < 1.29 is 14.3 Å². The van der Waals surface area contributed by atoms with E-state index in [0.29, 0.717) is 11.5 Å². The Morgan fingerprint density at radius 3 is 2.48 bits per heavy atom. The number of carbonyl (C=O) groups is 1. The zero-order chi connectivity index (χ0) is 15.2. The van der Waals surface area contributed by atoms with Gasteiger partial charge in [-0.25, -0.2) is 4.79 Å². The first-order chi connectivity index (χ1) is 10.1. The van der Waals surface area contributed by atoms with Crippen LogP contribution in [0, 0.1) is 6.92 Å². The van der Waals surface area contributed by atoms with E-state index >= 15 is 0 Å². The first kappa shape index (κ1) is 15.6. The quantitative estimate of drug-likeness (QED) is 0.596. The van der Waals surface area contributed by atoms with Gasteiger partial charge in [0.15, 0.2) is 6.61 Å². The van der Waals surface area contributed by atoms with Gasteiger partial charge in [0.05, 0.1) is 4.47 Å². The molecule has 21 heavy (non-hydrogen) atoms. The van der Waals surface area contributed by atoms with Crippen molar-refractivity contribution in [2.75, 3.05) is 6.61 Å². The second kappa shape index (κ2) is 7.27. The van der Waals surface area contributed by atoms with E-state index < -0.39 is 5.97 Å². The molecule has 0 heterocycles. The molecule has 0 N–H and O–H groups in total. The molecule has 0 aliphatic rings. The van der Waals surface area contributed by atoms with E-state index in [1.165, 1.54) is 5.56 Å². The normalized spacial score (nSPS) is 10.2. The van der Waals surface area contributed by atoms with Gasteiger partial charge in [-0.3, -0.25) is 0 Å². The minimum absolute atomic E-state index is 0.120. The number of halogens is 1. The molecule has 0 atom stereocenters. The molecule has 0 spiro atoms. The summed E-state index contributed by atoms with van der Waals surface area (Å²) in [6.45, 7) is 3.95. The zero-order valence-electron chi connectivity index (χ0n) is 12.1. The van der Waals surface area contributed by atoms with Gasteiger partial charge in [0.1, 0.15) is 11.5 Å². The van der Waals surface area contributed by atoms with Crippen LogP contribution in [0.5, 0.6) is 11.5 Å². The molecule has 0 bridgehead atoms. The molecule has 0 saturated heterocycles. The SMILES string of the molecule is CCc1ccc(OC(=O)COc2ccc(C)cc2)c(Br)c1. The lowest BCUT2D eigenvalue weighted by molar-refractivity contribution is -0.136. The Bertz CT molecular complexity index is 620. The van der Waals surface area contributed by atoms with E-state index in [4.69, 9.17) is 9.47 Å². The minimum atomic E-state index is -0.430. The highest BCUT2D eigenvalue weighted by atomic mass is 79.9. The number of hydrogen-bond acceptors (Lipinski definition) is 3. The lowest BCUT2D eigenvalue weighted by Crippen LogP contribution is -2.17. The summed E-state index contributed by atoms with van der Waals surface area (Å²) in [4.78, 5) is 11.8. The maximum absolute atomic E-state index is 11.8. The third-order valence-electron chi connectivity index (χ3n) is 3.01. The number of aryl methyl sites for hydroxylation is 2. The topological polar surface area (TPSA) is 35.5 Å². The standard InChI is InChI=1S/C17H17BrO3/c1-3-13-6-9-16(15(18)10-13)21-17(19)11-20-14-7-4-12(2)5-8-14/h4-10H,3,11H2,1-2H3. The van der Waals surface area contributed by atoms with E-state index in [0.717, 1.165) is 16.5 Å². The number of rotatable bonds is 5. The summed E-state index contributed by atoms with van der Waals surface area (Å²) in [5.74, 6) is 0.725. The number of ether oxygens (including phenoxy) is 2. The predicted octanol–water partition coefficient (Wildman–Crippen LogP) is 4.30. The second-order valence-electron chi connectivity index (χ2n) is 4.69. The summed E-state index contributed by atoms with van der Waals surface area (Å²) in [6, 6.07) is 13.2. The Kier molecular flexibility index (Phi) is 5.39. The average Bonchev–Trinajstić information content (AvgIpc) is 2.48. The van der Waals surface area contributed by atoms with E-state index in [9.17, 15) is 4.79 Å². The van der Waals surface area contributed by atoms with Crippen molar-refractivity contribution in [3.8, 4) is 11.5 Å². The van der Waals surface area contributed by atoms with E-state index in [2.05, 4.69) is 22.9 Å². The highest BCUT2D eigenvalue weighted by Crippen LogP contribution is 2.26. The molecule has 0 aliphatic heterocycles. The Balaban J connectivity index is 1.91. The molecule has 4 heteroatoms. The van der Waals surface area contributed by atoms with Crippen LogP contribution < -0.4 is 9.47 Å². The van der Waals surface area contributed by atoms with Gasteiger partial charge in [-0.1, -0.05) is 30.7 Å². The summed E-state index contributed by atoms with van der Waals surface area (Å²) in [5.41, 5.74) is 2.32. The number of benzene rings is 2. The van der Waals surface area contributed by atoms with Crippen LogP contribution in [0.4, 0.5) is 0 Å². The summed E-state index contributed by atoms with van der Waals surface area (Å²) in [6.07, 6.45) is 0.934. The van der Waals surface area contributed by atoms with Gasteiger partial charge < -0.3 is 9.47 Å². The van der Waals surface area contributed by atoms with E-state index in [-0.39, 0.29) is 6.61 Å². The second-order valence-corrected chi connectivity index (χ2v) is 5.55. The fourth-order valence-corrected chi connectivity index (χ4v) is 2.28. The van der Waals surface area contributed by atoms with Gasteiger partial charge in [0.2, 0.25) is 0 Å². The molecule has 0 saturated carbocycles. The van der Waals surface area contributed by atoms with Gasteiger partial charge in [0.25, 0.3) is 0 Å². The van der Waals surface area contributed by atoms with Crippen molar-refractivity contribution in [3.63, 3.8) is 0 Å². The van der Waals surface area contributed by atoms with Gasteiger partial charge >= 0.3 is 5.97 Å². The molecule has 2 aromatic rings. The van der Waals surface area contributed by atoms with E-state index in [1.54, 1.807) is 6.07 Å². The highest BCUT2D eigenvalue weighted by Gasteiger charge is 2.09. The molecule has 0 amide bonds. The Labute approximate surface area is 133 Å². The fourth-order valence-electron chi connectivity index (χ4n) is 1.78. The molecular weight excluding hydrogens is 332 g/mol. The van der Waals surface area contributed by atoms with Crippen LogP contribution in [-0.4, -0.2) is 12.6 Å². The van der Waals surface area contributed by atoms with Crippen LogP contribution in [0.1, 0.15) is 18.1 Å². The van der Waals surface area contributed by atoms with Crippen molar-refractivity contribution in [3.05, 3.63) is 58.1 Å². The molecule has 0 fully saturated rings. The predicted molar refractivity (Wildman–Crippen MR) is 85.8 cm³/mol. The largest absolute Gasteiger partial charge is 0.482 e. The van der Waals surface area contributed by atoms with Crippen LogP contribution in [0.3, 0.4) is 0 Å². The Morgan fingerprint density at radius 1 is 1.14 bits per heavy atom. The Hall–Kier alpha value is -1.81. The molecule has 2 aromatic carbocycles. The van der Waals surface area contributed by atoms with Gasteiger partial charge in [-0.2, -0.15) is 0 Å². The first-order valence-corrected chi connectivity index (χ1v) is 7.56. The summed E-state index contributed by atoms with van der Waals surface area (Å²) >= 11 is 3.40. The van der Waals surface area contributed by atoms with Crippen molar-refractivity contribution >= 4 is 21.9 Å². The van der Waals surface area contributed by atoms with Gasteiger partial charge in [0, 0.05) is 0 Å². The van der Waals surface area contributed by atoms with Crippen LogP contribution in [-0.2, 0) is 11.2 Å². The monoisotopic (exact) mass is 348 g/mol. The Morgan fingerprint density at radius 2 is 1.86 bits per heavy atom. The first-order valence-electron chi connectivity index (χ1n) is 6.77. The molecule has 0 aliphatic carbocycles. The number of carbonyl (C=O) groups excluding carboxylic acids is 1. The van der Waals surface area contributed by atoms with Crippen molar-refractivity contribution in [1.29, 1.82) is 0 Å². The fraction of sp³-hybridized carbons (Fsp3) is 0.235. The zero-order valence-corrected chi connectivity index (χ0v) is 13.6. The average molecular weight is 349 g/mol. The third kappa shape index (κ3) is 4.60. The summed E-state index contributed by atoms with van der Waals surface area (Å²) < 4.78 is 11.4. The molecule has 0 unspecified atom stereocenters. The van der Waals surface area contributed by atoms with Crippen molar-refractivity contribution in [1.82, 2.24) is 0 Å².